The van der Waals surface area contributed by atoms with Crippen molar-refractivity contribution >= 4 is 33.2 Å². The predicted molar refractivity (Wildman–Crippen MR) is 115 cm³/mol. The second-order valence-electron chi connectivity index (χ2n) is 7.60. The zero-order valence-electron chi connectivity index (χ0n) is 16.9. The Morgan fingerprint density at radius 1 is 1.00 bits per heavy atom. The minimum atomic E-state index is 0.00203. The van der Waals surface area contributed by atoms with Gasteiger partial charge in [0.15, 0.2) is 5.78 Å². The Morgan fingerprint density at radius 3 is 2.24 bits per heavy atom. The number of hydrogen-bond acceptors (Lipinski definition) is 5. The van der Waals surface area contributed by atoms with Gasteiger partial charge in [-0.1, -0.05) is 35.6 Å². The zero-order chi connectivity index (χ0) is 20.5. The van der Waals surface area contributed by atoms with Crippen LogP contribution in [0.2, 0.25) is 0 Å². The van der Waals surface area contributed by atoms with Gasteiger partial charge in [0.25, 0.3) is 11.1 Å². The van der Waals surface area contributed by atoms with Crippen LogP contribution in [0.15, 0.2) is 36.4 Å². The number of thiazole rings is 1. The number of ether oxygens (including phenoxy) is 1. The lowest BCUT2D eigenvalue weighted by Crippen LogP contribution is -2.41. The Kier molecular flexibility index (Phi) is 5.37. The molecular formula is C23H24N2O3S. The first-order valence-electron chi connectivity index (χ1n) is 9.86. The van der Waals surface area contributed by atoms with Crippen LogP contribution in [0.3, 0.4) is 0 Å². The highest BCUT2D eigenvalue weighted by Crippen LogP contribution is 2.33. The number of benzene rings is 2. The standard InChI is InChI=1S/C23H24N2O3S/c1-14-4-5-15(2)21-20(14)24-23(29-21)28-19-10-12-25(13-11-19)22(27)18-8-6-17(7-9-18)16(3)26/h4-9,19H,10-13H2,1-3H3. The number of fused-ring (bicyclic) bond motifs is 1. The average molecular weight is 409 g/mol. The van der Waals surface area contributed by atoms with Crippen molar-refractivity contribution in [3.63, 3.8) is 0 Å². The molecule has 1 saturated heterocycles. The number of ketones is 1. The lowest BCUT2D eigenvalue weighted by Gasteiger charge is -2.31. The van der Waals surface area contributed by atoms with Crippen LogP contribution >= 0.6 is 11.3 Å². The molecule has 3 aromatic rings. The minimum Gasteiger partial charge on any atom is -0.467 e. The van der Waals surface area contributed by atoms with Gasteiger partial charge < -0.3 is 9.64 Å². The highest BCUT2D eigenvalue weighted by Gasteiger charge is 2.25. The number of carbonyl (C=O) groups excluding carboxylic acids is 2. The van der Waals surface area contributed by atoms with Crippen molar-refractivity contribution in [1.82, 2.24) is 9.88 Å². The fourth-order valence-corrected chi connectivity index (χ4v) is 4.67. The monoisotopic (exact) mass is 408 g/mol. The molecule has 0 radical (unpaired) electrons. The minimum absolute atomic E-state index is 0.00203. The van der Waals surface area contributed by atoms with Gasteiger partial charge in [-0.05, 0) is 44.0 Å². The van der Waals surface area contributed by atoms with E-state index in [1.165, 1.54) is 17.2 Å². The lowest BCUT2D eigenvalue weighted by atomic mass is 10.0. The van der Waals surface area contributed by atoms with E-state index in [9.17, 15) is 9.59 Å². The number of aromatic nitrogens is 1. The molecule has 1 fully saturated rings. The number of rotatable bonds is 4. The molecule has 29 heavy (non-hydrogen) atoms. The van der Waals surface area contributed by atoms with Crippen LogP contribution in [0.25, 0.3) is 10.2 Å². The number of hydrogen-bond donors (Lipinski definition) is 0. The quantitative estimate of drug-likeness (QED) is 0.582. The lowest BCUT2D eigenvalue weighted by molar-refractivity contribution is 0.0595. The summed E-state index contributed by atoms with van der Waals surface area (Å²) in [5, 5.41) is 0.710. The zero-order valence-corrected chi connectivity index (χ0v) is 17.7. The largest absolute Gasteiger partial charge is 0.467 e. The van der Waals surface area contributed by atoms with Gasteiger partial charge in [0.05, 0.1) is 10.2 Å². The van der Waals surface area contributed by atoms with Crippen LogP contribution in [0.5, 0.6) is 5.19 Å². The van der Waals surface area contributed by atoms with Crippen LogP contribution in [-0.2, 0) is 0 Å². The number of piperidine rings is 1. The van der Waals surface area contributed by atoms with E-state index >= 15 is 0 Å². The molecule has 1 aromatic heterocycles. The van der Waals surface area contributed by atoms with E-state index in [-0.39, 0.29) is 17.8 Å². The first-order chi connectivity index (χ1) is 13.9. The first kappa shape index (κ1) is 19.6. The van der Waals surface area contributed by atoms with E-state index in [0.717, 1.165) is 23.9 Å². The molecule has 2 heterocycles. The third kappa shape index (κ3) is 4.03. The van der Waals surface area contributed by atoms with Gasteiger partial charge in [-0.2, -0.15) is 0 Å². The molecule has 0 bridgehead atoms. The number of amides is 1. The molecule has 2 aromatic carbocycles. The number of Topliss-reactive ketones (excluding diaryl/α,β-unsaturated/α-hetero) is 1. The van der Waals surface area contributed by atoms with E-state index in [0.29, 0.717) is 29.4 Å². The van der Waals surface area contributed by atoms with E-state index in [1.54, 1.807) is 35.6 Å². The van der Waals surface area contributed by atoms with Gasteiger partial charge >= 0.3 is 0 Å². The van der Waals surface area contributed by atoms with Crippen LogP contribution in [0.1, 0.15) is 51.6 Å². The second-order valence-corrected chi connectivity index (χ2v) is 8.56. The maximum absolute atomic E-state index is 12.7. The Balaban J connectivity index is 1.38. The van der Waals surface area contributed by atoms with Crippen molar-refractivity contribution in [1.29, 1.82) is 0 Å². The third-order valence-electron chi connectivity index (χ3n) is 5.46. The van der Waals surface area contributed by atoms with Gasteiger partial charge in [-0.3, -0.25) is 9.59 Å². The summed E-state index contributed by atoms with van der Waals surface area (Å²) >= 11 is 1.60. The SMILES string of the molecule is CC(=O)c1ccc(C(=O)N2CCC(Oc3nc4c(C)ccc(C)c4s3)CC2)cc1. The highest BCUT2D eigenvalue weighted by atomic mass is 32.1. The van der Waals surface area contributed by atoms with E-state index in [4.69, 9.17) is 4.74 Å². The molecule has 150 valence electrons. The molecular weight excluding hydrogens is 384 g/mol. The van der Waals surface area contributed by atoms with Crippen LogP contribution in [0.4, 0.5) is 0 Å². The van der Waals surface area contributed by atoms with E-state index in [2.05, 4.69) is 31.0 Å². The molecule has 0 spiro atoms. The molecule has 0 aliphatic carbocycles. The van der Waals surface area contributed by atoms with Gasteiger partial charge in [0, 0.05) is 37.1 Å². The average Bonchev–Trinajstić information content (AvgIpc) is 3.16. The fourth-order valence-electron chi connectivity index (χ4n) is 3.64. The van der Waals surface area contributed by atoms with Gasteiger partial charge in [-0.15, -0.1) is 0 Å². The highest BCUT2D eigenvalue weighted by molar-refractivity contribution is 7.20. The summed E-state index contributed by atoms with van der Waals surface area (Å²) in [4.78, 5) is 30.7. The van der Waals surface area contributed by atoms with Crippen molar-refractivity contribution in [3.05, 3.63) is 58.7 Å². The topological polar surface area (TPSA) is 59.5 Å². The molecule has 0 N–H and O–H groups in total. The summed E-state index contributed by atoms with van der Waals surface area (Å²) in [6.45, 7) is 6.99. The fraction of sp³-hybridized carbons (Fsp3) is 0.348. The Labute approximate surface area is 174 Å². The first-order valence-corrected chi connectivity index (χ1v) is 10.7. The van der Waals surface area contributed by atoms with E-state index < -0.39 is 0 Å². The second kappa shape index (κ2) is 7.95. The predicted octanol–water partition coefficient (Wildman–Crippen LogP) is 4.80. The molecule has 4 rings (SSSR count). The molecule has 1 amide bonds. The van der Waals surface area contributed by atoms with Crippen molar-refractivity contribution in [2.45, 2.75) is 39.7 Å². The summed E-state index contributed by atoms with van der Waals surface area (Å²) < 4.78 is 7.34. The van der Waals surface area contributed by atoms with Gasteiger partial charge in [0.1, 0.15) is 6.10 Å². The molecule has 6 heteroatoms. The summed E-state index contributed by atoms with van der Waals surface area (Å²) in [5.74, 6) is 0.00647. The molecule has 0 atom stereocenters. The Hall–Kier alpha value is -2.73. The third-order valence-corrected chi connectivity index (χ3v) is 6.54. The summed E-state index contributed by atoms with van der Waals surface area (Å²) in [6, 6.07) is 11.1. The van der Waals surface area contributed by atoms with Crippen molar-refractivity contribution in [3.8, 4) is 5.19 Å². The summed E-state index contributed by atoms with van der Waals surface area (Å²) in [7, 11) is 0. The smallest absolute Gasteiger partial charge is 0.274 e. The van der Waals surface area contributed by atoms with Crippen LogP contribution < -0.4 is 4.74 Å². The van der Waals surface area contributed by atoms with Crippen LogP contribution in [0, 0.1) is 13.8 Å². The van der Waals surface area contributed by atoms with Crippen molar-refractivity contribution in [2.75, 3.05) is 13.1 Å². The summed E-state index contributed by atoms with van der Waals surface area (Å²) in [5.41, 5.74) is 4.63. The normalized spacial score (nSPS) is 14.9. The summed E-state index contributed by atoms with van der Waals surface area (Å²) in [6.07, 6.45) is 1.64. The van der Waals surface area contributed by atoms with E-state index in [1.807, 2.05) is 4.90 Å². The van der Waals surface area contributed by atoms with Gasteiger partial charge in [-0.25, -0.2) is 4.98 Å². The number of nitrogens with zero attached hydrogens (tertiary/aromatic N) is 2. The Morgan fingerprint density at radius 2 is 1.62 bits per heavy atom. The molecule has 5 nitrogen and oxygen atoms in total. The number of aryl methyl sites for hydroxylation is 2. The van der Waals surface area contributed by atoms with Crippen molar-refractivity contribution in [2.24, 2.45) is 0 Å². The Bertz CT molecular complexity index is 1020. The van der Waals surface area contributed by atoms with Gasteiger partial charge in [0.2, 0.25) is 0 Å². The molecule has 0 saturated carbocycles. The van der Waals surface area contributed by atoms with Crippen LogP contribution in [-0.4, -0.2) is 40.8 Å². The maximum atomic E-state index is 12.7. The molecule has 0 unspecified atom stereocenters. The van der Waals surface area contributed by atoms with Crippen molar-refractivity contribution < 1.29 is 14.3 Å². The number of carbonyl (C=O) groups is 2. The number of likely N-dealkylation sites (tertiary alicyclic amines) is 1. The molecule has 1 aliphatic rings. The maximum Gasteiger partial charge on any atom is 0.274 e. The molecule has 1 aliphatic heterocycles.